The van der Waals surface area contributed by atoms with Crippen molar-refractivity contribution in [2.75, 3.05) is 32.6 Å². The van der Waals surface area contributed by atoms with Crippen LogP contribution >= 0.6 is 23.2 Å². The van der Waals surface area contributed by atoms with E-state index in [1.807, 2.05) is 24.3 Å². The lowest BCUT2D eigenvalue weighted by Gasteiger charge is -2.31. The number of benzene rings is 4. The van der Waals surface area contributed by atoms with Crippen molar-refractivity contribution in [2.24, 2.45) is 4.99 Å². The summed E-state index contributed by atoms with van der Waals surface area (Å²) in [6.45, 7) is 0.727. The standard InChI is InChI=1S/C36H37Cl2N3O7S/c1-46-28-13-8-25(9-14-28)18-20-39-41-35(43)36(19-23-49(44,45)30-6-3-2-4-7-30)33(31-17-12-27(37)24-32(31)38)48-34(40-36)26-10-15-29(16-11-26)47-22-5-21-42/h2-4,6-17,24,33,39,42H,5,18-23H2,1H3,(H,41,43)/t33-,36-/m0/s1. The third-order valence-electron chi connectivity index (χ3n) is 8.03. The SMILES string of the molecule is COc1ccc(CCNNC(=O)[C@@]2(CCS(=O)(=O)c3ccccc3)N=C(c3ccc(OCCCO)cc3)O[C@H]2c2ccc(Cl)cc2Cl)cc1. The molecule has 0 unspecified atom stereocenters. The maximum absolute atomic E-state index is 14.4. The van der Waals surface area contributed by atoms with E-state index >= 15 is 0 Å². The van der Waals surface area contributed by atoms with Crippen molar-refractivity contribution in [3.05, 3.63) is 124 Å². The van der Waals surface area contributed by atoms with Gasteiger partial charge in [-0.05, 0) is 72.6 Å². The first-order chi connectivity index (χ1) is 23.6. The fraction of sp³-hybridized carbons (Fsp3) is 0.278. The average Bonchev–Trinajstić information content (AvgIpc) is 3.51. The van der Waals surface area contributed by atoms with Crippen molar-refractivity contribution in [3.8, 4) is 11.5 Å². The van der Waals surface area contributed by atoms with Crippen LogP contribution in [0, 0.1) is 0 Å². The van der Waals surface area contributed by atoms with Crippen LogP contribution in [0.5, 0.6) is 11.5 Å². The molecule has 13 heteroatoms. The van der Waals surface area contributed by atoms with E-state index in [9.17, 15) is 13.2 Å². The summed E-state index contributed by atoms with van der Waals surface area (Å²) in [4.78, 5) is 19.4. The summed E-state index contributed by atoms with van der Waals surface area (Å²) < 4.78 is 44.4. The number of carbonyl (C=O) groups is 1. The molecule has 258 valence electrons. The van der Waals surface area contributed by atoms with E-state index in [-0.39, 0.29) is 28.8 Å². The van der Waals surface area contributed by atoms with E-state index in [1.165, 1.54) is 18.2 Å². The van der Waals surface area contributed by atoms with Gasteiger partial charge in [0, 0.05) is 47.2 Å². The molecule has 0 fully saturated rings. The Morgan fingerprint density at radius 1 is 0.980 bits per heavy atom. The summed E-state index contributed by atoms with van der Waals surface area (Å²) in [6, 6.07) is 27.3. The van der Waals surface area contributed by atoms with Gasteiger partial charge in [-0.25, -0.2) is 18.8 Å². The number of sulfone groups is 1. The molecule has 1 aliphatic heterocycles. The number of rotatable bonds is 16. The maximum atomic E-state index is 14.4. The largest absolute Gasteiger partial charge is 0.497 e. The monoisotopic (exact) mass is 725 g/mol. The number of carbonyl (C=O) groups excluding carboxylic acids is 1. The molecule has 0 aromatic heterocycles. The number of aliphatic hydroxyl groups excluding tert-OH is 1. The normalized spacial score (nSPS) is 17.2. The fourth-order valence-corrected chi connectivity index (χ4v) is 7.24. The molecule has 49 heavy (non-hydrogen) atoms. The van der Waals surface area contributed by atoms with Gasteiger partial charge in [0.05, 0.1) is 24.4 Å². The van der Waals surface area contributed by atoms with Gasteiger partial charge >= 0.3 is 0 Å². The third-order valence-corrected chi connectivity index (χ3v) is 10.3. The van der Waals surface area contributed by atoms with E-state index in [2.05, 4.69) is 10.9 Å². The molecule has 10 nitrogen and oxygen atoms in total. The number of nitrogens with one attached hydrogen (secondary N) is 2. The highest BCUT2D eigenvalue weighted by Crippen LogP contribution is 2.45. The molecule has 0 saturated heterocycles. The molecule has 0 saturated carbocycles. The number of hydrazine groups is 1. The summed E-state index contributed by atoms with van der Waals surface area (Å²) in [5.41, 5.74) is 5.96. The number of methoxy groups -OCH3 is 1. The predicted octanol–water partition coefficient (Wildman–Crippen LogP) is 5.75. The molecule has 1 aliphatic rings. The minimum Gasteiger partial charge on any atom is -0.497 e. The van der Waals surface area contributed by atoms with E-state index in [0.717, 1.165) is 11.3 Å². The second-order valence-electron chi connectivity index (χ2n) is 11.3. The smallest absolute Gasteiger partial charge is 0.266 e. The van der Waals surface area contributed by atoms with Gasteiger partial charge in [0.2, 0.25) is 5.90 Å². The summed E-state index contributed by atoms with van der Waals surface area (Å²) in [6.07, 6.45) is -0.268. The molecule has 1 heterocycles. The van der Waals surface area contributed by atoms with Crippen LogP contribution in [-0.4, -0.2) is 63.5 Å². The Morgan fingerprint density at radius 3 is 2.37 bits per heavy atom. The van der Waals surface area contributed by atoms with Crippen LogP contribution in [0.25, 0.3) is 0 Å². The predicted molar refractivity (Wildman–Crippen MR) is 189 cm³/mol. The lowest BCUT2D eigenvalue weighted by atomic mass is 9.85. The molecule has 4 aromatic carbocycles. The highest BCUT2D eigenvalue weighted by Gasteiger charge is 2.54. The zero-order valence-electron chi connectivity index (χ0n) is 26.8. The van der Waals surface area contributed by atoms with Crippen molar-refractivity contribution in [1.29, 1.82) is 0 Å². The van der Waals surface area contributed by atoms with Crippen LogP contribution in [0.1, 0.15) is 35.6 Å². The molecule has 0 spiro atoms. The molecule has 4 aromatic rings. The Hall–Kier alpha value is -4.13. The summed E-state index contributed by atoms with van der Waals surface area (Å²) in [5.74, 6) is 0.439. The number of halogens is 2. The second kappa shape index (κ2) is 16.5. The average molecular weight is 727 g/mol. The molecular formula is C36H37Cl2N3O7S. The summed E-state index contributed by atoms with van der Waals surface area (Å²) in [5, 5.41) is 9.68. The van der Waals surface area contributed by atoms with E-state index < -0.39 is 33.1 Å². The van der Waals surface area contributed by atoms with Crippen molar-refractivity contribution in [3.63, 3.8) is 0 Å². The molecule has 0 radical (unpaired) electrons. The highest BCUT2D eigenvalue weighted by atomic mass is 35.5. The van der Waals surface area contributed by atoms with Crippen LogP contribution in [-0.2, 0) is 25.8 Å². The van der Waals surface area contributed by atoms with Gasteiger partial charge in [0.25, 0.3) is 5.91 Å². The van der Waals surface area contributed by atoms with Crippen LogP contribution < -0.4 is 20.3 Å². The first kappa shape index (κ1) is 36.2. The topological polar surface area (TPSA) is 136 Å². The van der Waals surface area contributed by atoms with Crippen LogP contribution in [0.3, 0.4) is 0 Å². The van der Waals surface area contributed by atoms with Gasteiger partial charge in [0.15, 0.2) is 21.5 Å². The van der Waals surface area contributed by atoms with Crippen LogP contribution in [0.15, 0.2) is 107 Å². The van der Waals surface area contributed by atoms with Gasteiger partial charge in [-0.15, -0.1) is 0 Å². The second-order valence-corrected chi connectivity index (χ2v) is 14.3. The number of aliphatic imine (C=N–C) groups is 1. The first-order valence-corrected chi connectivity index (χ1v) is 18.1. The van der Waals surface area contributed by atoms with E-state index in [4.69, 9.17) is 47.5 Å². The van der Waals surface area contributed by atoms with Gasteiger partial charge in [-0.3, -0.25) is 10.2 Å². The number of amides is 1. The number of hydrogen-bond donors (Lipinski definition) is 3. The van der Waals surface area contributed by atoms with Crippen molar-refractivity contribution < 1.29 is 32.5 Å². The molecular weight excluding hydrogens is 689 g/mol. The molecule has 0 bridgehead atoms. The van der Waals surface area contributed by atoms with Crippen molar-refractivity contribution >= 4 is 44.8 Å². The number of ether oxygens (including phenoxy) is 3. The Morgan fingerprint density at radius 2 is 1.69 bits per heavy atom. The minimum absolute atomic E-state index is 0.0118. The molecule has 2 atom stereocenters. The van der Waals surface area contributed by atoms with Crippen LogP contribution in [0.4, 0.5) is 0 Å². The molecule has 1 amide bonds. The van der Waals surface area contributed by atoms with Gasteiger partial charge < -0.3 is 19.3 Å². The lowest BCUT2D eigenvalue weighted by molar-refractivity contribution is -0.130. The fourth-order valence-electron chi connectivity index (χ4n) is 5.35. The molecule has 3 N–H and O–H groups in total. The maximum Gasteiger partial charge on any atom is 0.266 e. The van der Waals surface area contributed by atoms with Gasteiger partial charge in [0.1, 0.15) is 11.5 Å². The summed E-state index contributed by atoms with van der Waals surface area (Å²) in [7, 11) is -2.23. The number of nitrogens with zero attached hydrogens (tertiary/aromatic N) is 1. The van der Waals surface area contributed by atoms with Crippen molar-refractivity contribution in [1.82, 2.24) is 10.9 Å². The zero-order chi connectivity index (χ0) is 34.9. The first-order valence-electron chi connectivity index (χ1n) is 15.6. The lowest BCUT2D eigenvalue weighted by Crippen LogP contribution is -2.53. The Labute approximate surface area is 295 Å². The molecule has 5 rings (SSSR count). The van der Waals surface area contributed by atoms with Gasteiger partial charge in [-0.1, -0.05) is 59.6 Å². The third kappa shape index (κ3) is 8.92. The highest BCUT2D eigenvalue weighted by molar-refractivity contribution is 7.91. The quantitative estimate of drug-likeness (QED) is 0.0983. The Balaban J connectivity index is 1.49. The van der Waals surface area contributed by atoms with Gasteiger partial charge in [-0.2, -0.15) is 0 Å². The molecule has 0 aliphatic carbocycles. The van der Waals surface area contributed by atoms with E-state index in [1.54, 1.807) is 61.7 Å². The minimum atomic E-state index is -3.83. The van der Waals surface area contributed by atoms with Crippen molar-refractivity contribution in [2.45, 2.75) is 35.8 Å². The Kier molecular flexibility index (Phi) is 12.2. The Bertz CT molecular complexity index is 1860. The number of aliphatic hydroxyl groups is 1. The summed E-state index contributed by atoms with van der Waals surface area (Å²) >= 11 is 12.9. The number of hydrogen-bond acceptors (Lipinski definition) is 9. The van der Waals surface area contributed by atoms with Crippen LogP contribution in [0.2, 0.25) is 10.0 Å². The zero-order valence-corrected chi connectivity index (χ0v) is 29.1. The van der Waals surface area contributed by atoms with E-state index in [0.29, 0.717) is 47.9 Å².